The number of aromatic nitrogens is 1. The summed E-state index contributed by atoms with van der Waals surface area (Å²) in [6, 6.07) is 33.2. The summed E-state index contributed by atoms with van der Waals surface area (Å²) < 4.78 is 0. The van der Waals surface area contributed by atoms with E-state index in [4.69, 9.17) is 10.1 Å². The first-order valence-electron chi connectivity index (χ1n) is 16.1. The quantitative estimate of drug-likeness (QED) is 0.0851. The van der Waals surface area contributed by atoms with E-state index in [-0.39, 0.29) is 42.5 Å². The van der Waals surface area contributed by atoms with Crippen LogP contribution in [0.1, 0.15) is 65.2 Å². The number of aliphatic hydroxyl groups excluding tert-OH is 1. The third-order valence-corrected chi connectivity index (χ3v) is 11.0. The Bertz CT molecular complexity index is 1970. The summed E-state index contributed by atoms with van der Waals surface area (Å²) in [6.45, 7) is 21.6. The van der Waals surface area contributed by atoms with Crippen LogP contribution < -0.4 is 5.19 Å². The number of hydrogen-bond donors (Lipinski definition) is 1. The molecule has 0 saturated heterocycles. The van der Waals surface area contributed by atoms with Crippen molar-refractivity contribution >= 4 is 29.8 Å². The van der Waals surface area contributed by atoms with E-state index in [1.807, 2.05) is 6.20 Å². The zero-order valence-corrected chi connectivity index (χ0v) is 32.7. The molecule has 0 fully saturated rings. The first-order valence-corrected chi connectivity index (χ1v) is 19.6. The molecule has 3 nitrogen and oxygen atoms in total. The molecule has 245 valence electrons. The van der Waals surface area contributed by atoms with Gasteiger partial charge in [0, 0.05) is 43.5 Å². The van der Waals surface area contributed by atoms with Gasteiger partial charge in [-0.05, 0) is 64.8 Å². The monoisotopic (exact) mass is 817 g/mol. The Balaban J connectivity index is 0.000000565. The number of fused-ring (bicyclic) bond motifs is 4. The number of allylic oxidation sites excluding steroid dienone is 2. The number of nitrogens with zero attached hydrogens (tertiary/aromatic N) is 1. The van der Waals surface area contributed by atoms with Crippen molar-refractivity contribution in [2.45, 2.75) is 78.9 Å². The molecule has 1 heterocycles. The molecule has 1 aliphatic rings. The van der Waals surface area contributed by atoms with E-state index in [1.165, 1.54) is 69.4 Å². The number of carbonyl (C=O) groups is 1. The summed E-state index contributed by atoms with van der Waals surface area (Å²) in [5.74, 6) is -0.0625. The number of ketones is 1. The van der Waals surface area contributed by atoms with Gasteiger partial charge in [0.25, 0.3) is 0 Å². The molecular formula is C42H46IrNO2Si-. The SMILES string of the molecule is CC(=O)/C=C(/C)O.CC(C)(C)c1cc(-c2nccc3c2C(C)(C)c2cc(-c4ccc([Si](C)(C)C)cc4)ccc2-3)[c-]c2ccccc12.[Ir]. The number of hydrogen-bond acceptors (Lipinski definition) is 3. The number of rotatable bonds is 4. The maximum Gasteiger partial charge on any atom is 0.155 e. The van der Waals surface area contributed by atoms with Crippen LogP contribution in [0.15, 0.2) is 96.9 Å². The molecule has 5 aromatic rings. The number of aliphatic hydroxyl groups is 1. The van der Waals surface area contributed by atoms with Crippen LogP contribution in [0.3, 0.4) is 0 Å². The van der Waals surface area contributed by atoms with Crippen molar-refractivity contribution in [3.05, 3.63) is 120 Å². The third kappa shape index (κ3) is 7.43. The smallest absolute Gasteiger partial charge is 0.155 e. The predicted molar refractivity (Wildman–Crippen MR) is 198 cm³/mol. The Hall–Kier alpha value is -3.63. The minimum Gasteiger partial charge on any atom is -0.512 e. The molecule has 6 rings (SSSR count). The fourth-order valence-electron chi connectivity index (χ4n) is 6.57. The van der Waals surface area contributed by atoms with Gasteiger partial charge in [0.1, 0.15) is 0 Å². The molecule has 1 radical (unpaired) electrons. The van der Waals surface area contributed by atoms with Crippen molar-refractivity contribution in [1.82, 2.24) is 4.98 Å². The molecule has 0 aliphatic heterocycles. The zero-order valence-electron chi connectivity index (χ0n) is 29.3. The Morgan fingerprint density at radius 1 is 0.872 bits per heavy atom. The molecule has 0 atom stereocenters. The molecule has 0 saturated carbocycles. The van der Waals surface area contributed by atoms with Crippen molar-refractivity contribution < 1.29 is 30.0 Å². The van der Waals surface area contributed by atoms with Gasteiger partial charge in [-0.25, -0.2) is 0 Å². The molecule has 0 spiro atoms. The Morgan fingerprint density at radius 3 is 2.09 bits per heavy atom. The molecular weight excluding hydrogens is 771 g/mol. The van der Waals surface area contributed by atoms with Crippen LogP contribution in [0.2, 0.25) is 19.6 Å². The average molecular weight is 817 g/mol. The summed E-state index contributed by atoms with van der Waals surface area (Å²) in [5.41, 5.74) is 11.1. The Kier molecular flexibility index (Phi) is 10.4. The van der Waals surface area contributed by atoms with Crippen LogP contribution in [0.5, 0.6) is 0 Å². The van der Waals surface area contributed by atoms with Gasteiger partial charge in [0.2, 0.25) is 0 Å². The van der Waals surface area contributed by atoms with E-state index in [0.717, 1.165) is 16.6 Å². The minimum atomic E-state index is -1.32. The van der Waals surface area contributed by atoms with Crippen LogP contribution in [0.25, 0.3) is 44.3 Å². The van der Waals surface area contributed by atoms with Gasteiger partial charge in [-0.15, -0.1) is 29.1 Å². The standard InChI is InChI=1S/C37H38NSi.C5H8O2.Ir/c1-36(2,3)32-23-27(21-26-11-9-10-12-29(26)32)35-34-31(19-20-38-35)30-18-15-25(22-33(30)37(34,4)5)24-13-16-28(17-14-24)39(6,7)8;1-4(6)3-5(2)7;/h9-20,22-23H,1-8H3;3,6H,1-2H3;/q-1;;/b;4-3-;. The molecule has 5 heteroatoms. The van der Waals surface area contributed by atoms with Gasteiger partial charge in [0.05, 0.1) is 13.8 Å². The number of benzene rings is 4. The molecule has 1 aromatic heterocycles. The first-order chi connectivity index (χ1) is 21.5. The van der Waals surface area contributed by atoms with Crippen LogP contribution in [-0.4, -0.2) is 23.9 Å². The molecule has 0 bridgehead atoms. The zero-order chi connectivity index (χ0) is 33.6. The molecule has 1 N–H and O–H groups in total. The molecule has 4 aromatic carbocycles. The summed E-state index contributed by atoms with van der Waals surface area (Å²) in [5, 5.41) is 12.3. The molecule has 0 amide bonds. The normalized spacial score (nSPS) is 13.6. The van der Waals surface area contributed by atoms with Crippen molar-refractivity contribution in [1.29, 1.82) is 0 Å². The fourth-order valence-corrected chi connectivity index (χ4v) is 7.74. The second-order valence-corrected chi connectivity index (χ2v) is 20.2. The van der Waals surface area contributed by atoms with Gasteiger partial charge in [-0.1, -0.05) is 125 Å². The van der Waals surface area contributed by atoms with Crippen molar-refractivity contribution in [3.8, 4) is 33.5 Å². The summed E-state index contributed by atoms with van der Waals surface area (Å²) in [6.07, 6.45) is 3.14. The van der Waals surface area contributed by atoms with E-state index in [1.54, 1.807) is 0 Å². The summed E-state index contributed by atoms with van der Waals surface area (Å²) in [4.78, 5) is 15.0. The van der Waals surface area contributed by atoms with E-state index in [2.05, 4.69) is 139 Å². The van der Waals surface area contributed by atoms with Crippen LogP contribution >= 0.6 is 0 Å². The predicted octanol–water partition coefficient (Wildman–Crippen LogP) is 10.6. The Labute approximate surface area is 295 Å². The second-order valence-electron chi connectivity index (χ2n) is 15.1. The first kappa shape index (κ1) is 36.2. The Morgan fingerprint density at radius 2 is 1.51 bits per heavy atom. The van der Waals surface area contributed by atoms with Gasteiger partial charge in [0.15, 0.2) is 5.78 Å². The second kappa shape index (κ2) is 13.5. The largest absolute Gasteiger partial charge is 0.512 e. The van der Waals surface area contributed by atoms with E-state index < -0.39 is 8.07 Å². The van der Waals surface area contributed by atoms with Gasteiger partial charge >= 0.3 is 0 Å². The van der Waals surface area contributed by atoms with E-state index in [9.17, 15) is 4.79 Å². The molecule has 47 heavy (non-hydrogen) atoms. The third-order valence-electron chi connectivity index (χ3n) is 8.89. The van der Waals surface area contributed by atoms with E-state index >= 15 is 0 Å². The van der Waals surface area contributed by atoms with Gasteiger partial charge < -0.3 is 5.11 Å². The average Bonchev–Trinajstić information content (AvgIpc) is 3.21. The summed E-state index contributed by atoms with van der Waals surface area (Å²) in [7, 11) is -1.32. The van der Waals surface area contributed by atoms with Gasteiger partial charge in [-0.3, -0.25) is 9.78 Å². The number of pyridine rings is 1. The van der Waals surface area contributed by atoms with Crippen molar-refractivity contribution in [2.24, 2.45) is 0 Å². The maximum atomic E-state index is 10.0. The summed E-state index contributed by atoms with van der Waals surface area (Å²) >= 11 is 0. The van der Waals surface area contributed by atoms with Crippen LogP contribution in [0.4, 0.5) is 0 Å². The van der Waals surface area contributed by atoms with E-state index in [0.29, 0.717) is 0 Å². The fraction of sp³-hybridized carbons (Fsp3) is 0.286. The van der Waals surface area contributed by atoms with Gasteiger partial charge in [-0.2, -0.15) is 0 Å². The number of carbonyl (C=O) groups excluding carboxylic acids is 1. The van der Waals surface area contributed by atoms with Crippen LogP contribution in [-0.2, 0) is 35.7 Å². The van der Waals surface area contributed by atoms with Crippen LogP contribution in [0, 0.1) is 6.07 Å². The molecule has 1 aliphatic carbocycles. The maximum absolute atomic E-state index is 10.0. The van der Waals surface area contributed by atoms with Crippen molar-refractivity contribution in [2.75, 3.05) is 0 Å². The minimum absolute atomic E-state index is 0. The topological polar surface area (TPSA) is 50.2 Å². The van der Waals surface area contributed by atoms with Crippen molar-refractivity contribution in [3.63, 3.8) is 0 Å². The molecule has 0 unspecified atom stereocenters.